The Morgan fingerprint density at radius 3 is 2.47 bits per heavy atom. The molecule has 0 aromatic heterocycles. The van der Waals surface area contributed by atoms with Gasteiger partial charge < -0.3 is 0 Å². The Hall–Kier alpha value is -1.11. The summed E-state index contributed by atoms with van der Waals surface area (Å²) >= 11 is 0. The zero-order valence-corrected chi connectivity index (χ0v) is 10.7. The molecule has 0 saturated heterocycles. The molecule has 0 bridgehead atoms. The number of hydrogen-bond acceptors (Lipinski definition) is 1. The van der Waals surface area contributed by atoms with Gasteiger partial charge in [0, 0.05) is 12.0 Å². The number of ketones is 1. The maximum Gasteiger partial charge on any atom is 0.163 e. The van der Waals surface area contributed by atoms with Gasteiger partial charge in [-0.15, -0.1) is 0 Å². The zero-order chi connectivity index (χ0) is 12.1. The molecule has 1 nitrogen and oxygen atoms in total. The van der Waals surface area contributed by atoms with Crippen LogP contribution in [0.4, 0.5) is 0 Å². The van der Waals surface area contributed by atoms with Crippen molar-refractivity contribution in [2.45, 2.75) is 51.9 Å². The highest BCUT2D eigenvalue weighted by Gasteiger charge is 2.21. The summed E-state index contributed by atoms with van der Waals surface area (Å²) in [7, 11) is 0. The molecule has 0 N–H and O–H groups in total. The van der Waals surface area contributed by atoms with Gasteiger partial charge in [0.1, 0.15) is 0 Å². The normalized spacial score (nSPS) is 15.6. The Morgan fingerprint density at radius 2 is 1.94 bits per heavy atom. The van der Waals surface area contributed by atoms with Gasteiger partial charge in [-0.05, 0) is 24.3 Å². The van der Waals surface area contributed by atoms with Crippen LogP contribution in [-0.4, -0.2) is 5.78 Å². The largest absolute Gasteiger partial charge is 0.294 e. The third-order valence-electron chi connectivity index (χ3n) is 3.79. The summed E-state index contributed by atoms with van der Waals surface area (Å²) in [6, 6.07) is 8.24. The van der Waals surface area contributed by atoms with Crippen LogP contribution in [0.5, 0.6) is 0 Å². The minimum atomic E-state index is 0.330. The predicted molar refractivity (Wildman–Crippen MR) is 71.3 cm³/mol. The SMILES string of the molecule is CCCCc1ccc(C(=O)CC2CCC2)cc1. The van der Waals surface area contributed by atoms with Crippen molar-refractivity contribution in [3.8, 4) is 0 Å². The Morgan fingerprint density at radius 1 is 1.24 bits per heavy atom. The van der Waals surface area contributed by atoms with Gasteiger partial charge in [0.05, 0.1) is 0 Å². The highest BCUT2D eigenvalue weighted by Crippen LogP contribution is 2.30. The van der Waals surface area contributed by atoms with Crippen molar-refractivity contribution in [2.75, 3.05) is 0 Å². The number of benzene rings is 1. The fourth-order valence-electron chi connectivity index (χ4n) is 2.32. The van der Waals surface area contributed by atoms with Crippen molar-refractivity contribution in [1.29, 1.82) is 0 Å². The molecule has 1 aromatic rings. The van der Waals surface area contributed by atoms with Gasteiger partial charge in [0.25, 0.3) is 0 Å². The van der Waals surface area contributed by atoms with Gasteiger partial charge >= 0.3 is 0 Å². The quantitative estimate of drug-likeness (QED) is 0.662. The maximum absolute atomic E-state index is 12.0. The molecule has 1 saturated carbocycles. The third kappa shape index (κ3) is 3.42. The van der Waals surface area contributed by atoms with E-state index in [0.717, 1.165) is 18.4 Å². The van der Waals surface area contributed by atoms with E-state index in [1.54, 1.807) is 0 Å². The molecule has 0 amide bonds. The number of aryl methyl sites for hydroxylation is 1. The minimum absolute atomic E-state index is 0.330. The van der Waals surface area contributed by atoms with E-state index in [-0.39, 0.29) is 0 Å². The van der Waals surface area contributed by atoms with Crippen LogP contribution in [0.1, 0.15) is 61.4 Å². The summed E-state index contributed by atoms with van der Waals surface area (Å²) in [5.41, 5.74) is 2.25. The number of hydrogen-bond donors (Lipinski definition) is 0. The molecule has 1 fully saturated rings. The third-order valence-corrected chi connectivity index (χ3v) is 3.79. The minimum Gasteiger partial charge on any atom is -0.294 e. The molecule has 1 aliphatic rings. The van der Waals surface area contributed by atoms with E-state index >= 15 is 0 Å². The summed E-state index contributed by atoms with van der Waals surface area (Å²) in [6.07, 6.45) is 8.16. The number of unbranched alkanes of at least 4 members (excludes halogenated alkanes) is 1. The van der Waals surface area contributed by atoms with Crippen molar-refractivity contribution in [3.05, 3.63) is 35.4 Å². The lowest BCUT2D eigenvalue weighted by Crippen LogP contribution is -2.15. The first-order valence-electron chi connectivity index (χ1n) is 6.91. The molecule has 0 radical (unpaired) electrons. The van der Waals surface area contributed by atoms with Crippen LogP contribution in [0.25, 0.3) is 0 Å². The van der Waals surface area contributed by atoms with Crippen LogP contribution in [0, 0.1) is 5.92 Å². The Kier molecular flexibility index (Phi) is 4.36. The number of rotatable bonds is 6. The van der Waals surface area contributed by atoms with Crippen molar-refractivity contribution < 1.29 is 4.79 Å². The first kappa shape index (κ1) is 12.3. The highest BCUT2D eigenvalue weighted by molar-refractivity contribution is 5.96. The summed E-state index contributed by atoms with van der Waals surface area (Å²) in [6.45, 7) is 2.20. The second-order valence-corrected chi connectivity index (χ2v) is 5.22. The summed E-state index contributed by atoms with van der Waals surface area (Å²) in [4.78, 5) is 12.0. The van der Waals surface area contributed by atoms with Crippen molar-refractivity contribution >= 4 is 5.78 Å². The van der Waals surface area contributed by atoms with Crippen LogP contribution < -0.4 is 0 Å². The number of Topliss-reactive ketones (excluding diaryl/α,β-unsaturated/α-hetero) is 1. The lowest BCUT2D eigenvalue weighted by atomic mass is 9.81. The second-order valence-electron chi connectivity index (χ2n) is 5.22. The van der Waals surface area contributed by atoms with E-state index in [4.69, 9.17) is 0 Å². The molecule has 0 aliphatic heterocycles. The zero-order valence-electron chi connectivity index (χ0n) is 10.7. The van der Waals surface area contributed by atoms with E-state index < -0.39 is 0 Å². The Balaban J connectivity index is 1.89. The summed E-state index contributed by atoms with van der Waals surface area (Å²) < 4.78 is 0. The first-order valence-corrected chi connectivity index (χ1v) is 6.91. The van der Waals surface area contributed by atoms with Crippen LogP contribution in [0.3, 0.4) is 0 Å². The Labute approximate surface area is 104 Å². The van der Waals surface area contributed by atoms with Crippen LogP contribution in [0.2, 0.25) is 0 Å². The molecule has 2 rings (SSSR count). The van der Waals surface area contributed by atoms with Crippen molar-refractivity contribution in [2.24, 2.45) is 5.92 Å². The van der Waals surface area contributed by atoms with E-state index in [9.17, 15) is 4.79 Å². The molecular formula is C16H22O. The van der Waals surface area contributed by atoms with Crippen LogP contribution >= 0.6 is 0 Å². The van der Waals surface area contributed by atoms with Gasteiger partial charge in [-0.2, -0.15) is 0 Å². The lowest BCUT2D eigenvalue weighted by molar-refractivity contribution is 0.0936. The lowest BCUT2D eigenvalue weighted by Gasteiger charge is -2.24. The molecule has 1 aliphatic carbocycles. The molecule has 17 heavy (non-hydrogen) atoms. The van der Waals surface area contributed by atoms with Crippen LogP contribution in [-0.2, 0) is 6.42 Å². The van der Waals surface area contributed by atoms with Gasteiger partial charge in [-0.3, -0.25) is 4.79 Å². The Bertz CT molecular complexity index is 360. The van der Waals surface area contributed by atoms with E-state index in [0.29, 0.717) is 11.7 Å². The molecule has 1 aromatic carbocycles. The van der Waals surface area contributed by atoms with Gasteiger partial charge in [-0.1, -0.05) is 56.9 Å². The van der Waals surface area contributed by atoms with Crippen molar-refractivity contribution in [1.82, 2.24) is 0 Å². The van der Waals surface area contributed by atoms with E-state index in [1.807, 2.05) is 12.1 Å². The average Bonchev–Trinajstić information content (AvgIpc) is 2.31. The van der Waals surface area contributed by atoms with Gasteiger partial charge in [0.2, 0.25) is 0 Å². The standard InChI is InChI=1S/C16H22O/c1-2-3-5-13-8-10-15(11-9-13)16(17)12-14-6-4-7-14/h8-11,14H,2-7,12H2,1H3. The molecule has 0 unspecified atom stereocenters. The van der Waals surface area contributed by atoms with Crippen LogP contribution in [0.15, 0.2) is 24.3 Å². The van der Waals surface area contributed by atoms with Gasteiger partial charge in [-0.25, -0.2) is 0 Å². The fourth-order valence-corrected chi connectivity index (χ4v) is 2.32. The topological polar surface area (TPSA) is 17.1 Å². The molecule has 92 valence electrons. The first-order chi connectivity index (χ1) is 8.29. The van der Waals surface area contributed by atoms with Gasteiger partial charge in [0.15, 0.2) is 5.78 Å². The monoisotopic (exact) mass is 230 g/mol. The van der Waals surface area contributed by atoms with E-state index in [1.165, 1.54) is 37.7 Å². The second kappa shape index (κ2) is 6.00. The summed E-state index contributed by atoms with van der Waals surface area (Å²) in [5, 5.41) is 0. The van der Waals surface area contributed by atoms with Crippen molar-refractivity contribution in [3.63, 3.8) is 0 Å². The molecule has 0 spiro atoms. The molecular weight excluding hydrogens is 208 g/mol. The number of carbonyl (C=O) groups excluding carboxylic acids is 1. The smallest absolute Gasteiger partial charge is 0.163 e. The average molecular weight is 230 g/mol. The molecule has 1 heteroatoms. The fraction of sp³-hybridized carbons (Fsp3) is 0.562. The summed E-state index contributed by atoms with van der Waals surface area (Å²) in [5.74, 6) is 0.999. The molecule has 0 atom stereocenters. The maximum atomic E-state index is 12.0. The molecule has 0 heterocycles. The number of carbonyl (C=O) groups is 1. The van der Waals surface area contributed by atoms with E-state index in [2.05, 4.69) is 19.1 Å². The predicted octanol–water partition coefficient (Wildman–Crippen LogP) is 4.40. The highest BCUT2D eigenvalue weighted by atomic mass is 16.1.